The lowest BCUT2D eigenvalue weighted by molar-refractivity contribution is -0.139. The maximum absolute atomic E-state index is 13.8. The quantitative estimate of drug-likeness (QED) is 0.888. The Bertz CT molecular complexity index is 834. The van der Waals surface area contributed by atoms with Crippen LogP contribution in [0.15, 0.2) is 49.1 Å². The molecule has 1 aromatic carbocycles. The third-order valence-corrected chi connectivity index (χ3v) is 7.59. The first-order valence-corrected chi connectivity index (χ1v) is 10.6. The van der Waals surface area contributed by atoms with Gasteiger partial charge in [0.2, 0.25) is 5.91 Å². The molecular formula is C23H29N3O2. The smallest absolute Gasteiger partial charge is 0.233 e. The summed E-state index contributed by atoms with van der Waals surface area (Å²) in [6, 6.07) is 10.4. The molecule has 5 heteroatoms. The summed E-state index contributed by atoms with van der Waals surface area (Å²) in [4.78, 5) is 19.9. The summed E-state index contributed by atoms with van der Waals surface area (Å²) in [5.74, 6) is 0.297. The van der Waals surface area contributed by atoms with E-state index in [-0.39, 0.29) is 10.8 Å². The predicted octanol–water partition coefficient (Wildman–Crippen LogP) is 3.14. The first-order chi connectivity index (χ1) is 13.6. The molecule has 1 aromatic heterocycles. The predicted molar refractivity (Wildman–Crippen MR) is 107 cm³/mol. The van der Waals surface area contributed by atoms with Crippen LogP contribution in [0.2, 0.25) is 0 Å². The van der Waals surface area contributed by atoms with Gasteiger partial charge in [0.15, 0.2) is 0 Å². The number of rotatable bonds is 4. The standard InChI is InChI=1S/C23H29N3O2/c27-20(26-13-10-22(28,11-14-26)17-25-15-12-24-18-25)23(19-6-2-1-3-7-19)16-21(23)8-4-5-9-21/h1-3,6-7,12,15,18,28H,4-5,8-11,13-14,16-17H2/t23-/m1/s1. The molecule has 0 radical (unpaired) electrons. The van der Waals surface area contributed by atoms with Gasteiger partial charge in [-0.3, -0.25) is 4.79 Å². The van der Waals surface area contributed by atoms with Crippen molar-refractivity contribution in [3.63, 3.8) is 0 Å². The molecule has 5 nitrogen and oxygen atoms in total. The van der Waals surface area contributed by atoms with Gasteiger partial charge in [0.25, 0.3) is 0 Å². The molecule has 1 N–H and O–H groups in total. The Kier molecular flexibility index (Phi) is 4.13. The SMILES string of the molecule is O=C(N1CCC(O)(Cn2ccnc2)CC1)[C@]1(c2ccccc2)CC12CCCC2. The van der Waals surface area contributed by atoms with E-state index in [0.717, 1.165) is 6.42 Å². The zero-order chi connectivity index (χ0) is 19.2. The Morgan fingerprint density at radius 2 is 1.79 bits per heavy atom. The molecule has 5 rings (SSSR count). The van der Waals surface area contributed by atoms with Crippen molar-refractivity contribution in [2.45, 2.75) is 62.5 Å². The fourth-order valence-corrected chi connectivity index (χ4v) is 5.95. The molecule has 3 aliphatic rings. The Morgan fingerprint density at radius 1 is 1.07 bits per heavy atom. The maximum atomic E-state index is 13.8. The average molecular weight is 380 g/mol. The first kappa shape index (κ1) is 17.9. The monoisotopic (exact) mass is 379 g/mol. The van der Waals surface area contributed by atoms with E-state index < -0.39 is 5.60 Å². The molecule has 2 saturated carbocycles. The largest absolute Gasteiger partial charge is 0.388 e. The minimum atomic E-state index is -0.758. The van der Waals surface area contributed by atoms with Gasteiger partial charge in [0, 0.05) is 25.5 Å². The summed E-state index contributed by atoms with van der Waals surface area (Å²) in [5, 5.41) is 11.0. The van der Waals surface area contributed by atoms with Gasteiger partial charge >= 0.3 is 0 Å². The Balaban J connectivity index is 1.34. The van der Waals surface area contributed by atoms with Crippen molar-refractivity contribution in [3.8, 4) is 0 Å². The van der Waals surface area contributed by atoms with Crippen LogP contribution in [0, 0.1) is 5.41 Å². The van der Waals surface area contributed by atoms with Gasteiger partial charge in [-0.15, -0.1) is 0 Å². The van der Waals surface area contributed by atoms with Crippen molar-refractivity contribution in [1.29, 1.82) is 0 Å². The number of piperidine rings is 1. The zero-order valence-electron chi connectivity index (χ0n) is 16.4. The van der Waals surface area contributed by atoms with Crippen molar-refractivity contribution in [1.82, 2.24) is 14.5 Å². The van der Waals surface area contributed by atoms with Crippen LogP contribution >= 0.6 is 0 Å². The van der Waals surface area contributed by atoms with E-state index in [1.807, 2.05) is 21.7 Å². The van der Waals surface area contributed by atoms with E-state index >= 15 is 0 Å². The summed E-state index contributed by atoms with van der Waals surface area (Å²) >= 11 is 0. The number of likely N-dealkylation sites (tertiary alicyclic amines) is 1. The Hall–Kier alpha value is -2.14. The van der Waals surface area contributed by atoms with E-state index in [0.29, 0.717) is 38.4 Å². The molecule has 2 heterocycles. The minimum absolute atomic E-state index is 0.177. The van der Waals surface area contributed by atoms with E-state index in [1.165, 1.54) is 31.2 Å². The number of aliphatic hydroxyl groups is 1. The summed E-state index contributed by atoms with van der Waals surface area (Å²) < 4.78 is 1.93. The fraction of sp³-hybridized carbons (Fsp3) is 0.565. The highest BCUT2D eigenvalue weighted by Gasteiger charge is 2.73. The van der Waals surface area contributed by atoms with E-state index in [9.17, 15) is 9.90 Å². The number of amides is 1. The molecule has 1 aliphatic heterocycles. The number of carbonyl (C=O) groups excluding carboxylic acids is 1. The van der Waals surface area contributed by atoms with Crippen molar-refractivity contribution >= 4 is 5.91 Å². The van der Waals surface area contributed by atoms with Crippen molar-refractivity contribution in [2.24, 2.45) is 5.41 Å². The fourth-order valence-electron chi connectivity index (χ4n) is 5.95. The zero-order valence-corrected chi connectivity index (χ0v) is 16.4. The number of imidazole rings is 1. The minimum Gasteiger partial charge on any atom is -0.388 e. The second-order valence-electron chi connectivity index (χ2n) is 9.19. The van der Waals surface area contributed by atoms with Gasteiger partial charge in [-0.25, -0.2) is 4.98 Å². The summed E-state index contributed by atoms with van der Waals surface area (Å²) in [6.45, 7) is 1.81. The number of aromatic nitrogens is 2. The van der Waals surface area contributed by atoms with Gasteiger partial charge in [0.05, 0.1) is 23.9 Å². The van der Waals surface area contributed by atoms with Crippen molar-refractivity contribution in [3.05, 3.63) is 54.6 Å². The second-order valence-corrected chi connectivity index (χ2v) is 9.19. The number of benzene rings is 1. The Labute approximate surface area is 166 Å². The van der Waals surface area contributed by atoms with Crippen LogP contribution in [-0.4, -0.2) is 44.2 Å². The molecule has 28 heavy (non-hydrogen) atoms. The topological polar surface area (TPSA) is 58.4 Å². The van der Waals surface area contributed by atoms with Crippen LogP contribution in [0.3, 0.4) is 0 Å². The molecule has 0 unspecified atom stereocenters. The van der Waals surface area contributed by atoms with Gasteiger partial charge in [0.1, 0.15) is 0 Å². The molecule has 1 amide bonds. The van der Waals surface area contributed by atoms with Crippen LogP contribution in [0.1, 0.15) is 50.5 Å². The highest BCUT2D eigenvalue weighted by atomic mass is 16.3. The number of hydrogen-bond donors (Lipinski definition) is 1. The number of hydrogen-bond acceptors (Lipinski definition) is 3. The van der Waals surface area contributed by atoms with Crippen LogP contribution in [0.5, 0.6) is 0 Å². The van der Waals surface area contributed by atoms with Gasteiger partial charge < -0.3 is 14.6 Å². The third-order valence-electron chi connectivity index (χ3n) is 7.59. The summed E-state index contributed by atoms with van der Waals surface area (Å²) in [6.07, 6.45) is 12.4. The molecule has 1 spiro atoms. The molecular weight excluding hydrogens is 350 g/mol. The second kappa shape index (κ2) is 6.45. The third kappa shape index (κ3) is 2.71. The summed E-state index contributed by atoms with van der Waals surface area (Å²) in [7, 11) is 0. The molecule has 0 bridgehead atoms. The van der Waals surface area contributed by atoms with Gasteiger partial charge in [-0.05, 0) is 43.1 Å². The van der Waals surface area contributed by atoms with Crippen LogP contribution in [0.25, 0.3) is 0 Å². The normalized spacial score (nSPS) is 27.8. The number of carbonyl (C=O) groups is 1. The highest BCUT2D eigenvalue weighted by Crippen LogP contribution is 2.72. The van der Waals surface area contributed by atoms with Gasteiger partial charge in [-0.2, -0.15) is 0 Å². The van der Waals surface area contributed by atoms with Crippen LogP contribution < -0.4 is 0 Å². The van der Waals surface area contributed by atoms with Crippen molar-refractivity contribution < 1.29 is 9.90 Å². The lowest BCUT2D eigenvalue weighted by Crippen LogP contribution is -2.51. The number of nitrogens with zero attached hydrogens (tertiary/aromatic N) is 3. The first-order valence-electron chi connectivity index (χ1n) is 10.6. The van der Waals surface area contributed by atoms with E-state index in [1.54, 1.807) is 12.5 Å². The lowest BCUT2D eigenvalue weighted by atomic mass is 9.82. The maximum Gasteiger partial charge on any atom is 0.233 e. The summed E-state index contributed by atoms with van der Waals surface area (Å²) in [5.41, 5.74) is 0.285. The van der Waals surface area contributed by atoms with Crippen LogP contribution in [-0.2, 0) is 16.8 Å². The molecule has 3 fully saturated rings. The average Bonchev–Trinajstić information content (AvgIpc) is 3.05. The molecule has 1 saturated heterocycles. The Morgan fingerprint density at radius 3 is 2.43 bits per heavy atom. The van der Waals surface area contributed by atoms with Gasteiger partial charge in [-0.1, -0.05) is 43.2 Å². The molecule has 148 valence electrons. The highest BCUT2D eigenvalue weighted by molar-refractivity contribution is 5.93. The van der Waals surface area contributed by atoms with Crippen LogP contribution in [0.4, 0.5) is 0 Å². The molecule has 2 aliphatic carbocycles. The molecule has 2 aromatic rings. The van der Waals surface area contributed by atoms with E-state index in [2.05, 4.69) is 29.2 Å². The lowest BCUT2D eigenvalue weighted by Gasteiger charge is -2.40. The van der Waals surface area contributed by atoms with E-state index in [4.69, 9.17) is 0 Å². The van der Waals surface area contributed by atoms with Crippen molar-refractivity contribution in [2.75, 3.05) is 13.1 Å². The molecule has 1 atom stereocenters.